The first-order chi connectivity index (χ1) is 12.5. The van der Waals surface area contributed by atoms with Crippen LogP contribution in [0.15, 0.2) is 40.7 Å². The van der Waals surface area contributed by atoms with Gasteiger partial charge in [0, 0.05) is 43.3 Å². The second-order valence-corrected chi connectivity index (χ2v) is 9.99. The summed E-state index contributed by atoms with van der Waals surface area (Å²) < 4.78 is 28.0. The third-order valence-electron chi connectivity index (χ3n) is 4.84. The Balaban J connectivity index is 1.44. The Labute approximate surface area is 158 Å². The summed E-state index contributed by atoms with van der Waals surface area (Å²) in [6.45, 7) is 4.37. The first-order valence-electron chi connectivity index (χ1n) is 8.81. The Kier molecular flexibility index (Phi) is 4.98. The molecule has 2 aromatic heterocycles. The van der Waals surface area contributed by atoms with Gasteiger partial charge in [0.15, 0.2) is 0 Å². The predicted molar refractivity (Wildman–Crippen MR) is 103 cm³/mol. The van der Waals surface area contributed by atoms with E-state index >= 15 is 0 Å². The van der Waals surface area contributed by atoms with Gasteiger partial charge >= 0.3 is 0 Å². The van der Waals surface area contributed by atoms with Crippen LogP contribution in [-0.2, 0) is 10.0 Å². The van der Waals surface area contributed by atoms with Crippen LogP contribution in [0.1, 0.15) is 24.3 Å². The van der Waals surface area contributed by atoms with E-state index in [-0.39, 0.29) is 6.04 Å². The molecule has 0 saturated carbocycles. The number of hydrogen-bond donors (Lipinski definition) is 2. The van der Waals surface area contributed by atoms with Crippen LogP contribution in [0.25, 0.3) is 0 Å². The molecule has 0 amide bonds. The monoisotopic (exact) mass is 393 g/mol. The van der Waals surface area contributed by atoms with Crippen molar-refractivity contribution in [3.63, 3.8) is 0 Å². The minimum absolute atomic E-state index is 0.181. The zero-order valence-corrected chi connectivity index (χ0v) is 16.3. The molecule has 0 radical (unpaired) electrons. The third-order valence-corrected chi connectivity index (χ3v) is 8.41. The molecule has 2 aromatic rings. The Hall–Kier alpha value is -1.52. The van der Waals surface area contributed by atoms with Gasteiger partial charge in [0.2, 0.25) is 0 Å². The van der Waals surface area contributed by atoms with Crippen LogP contribution in [0.4, 0.5) is 5.82 Å². The SMILES string of the molecule is CC1CC(c2ccc(S(=O)(=O)N3CCN(c4ccccn4)CC3)s2)NN1. The van der Waals surface area contributed by atoms with Crippen LogP contribution in [0.5, 0.6) is 0 Å². The van der Waals surface area contributed by atoms with Crippen molar-refractivity contribution in [2.75, 3.05) is 31.1 Å². The molecule has 2 atom stereocenters. The van der Waals surface area contributed by atoms with Crippen molar-refractivity contribution in [1.29, 1.82) is 0 Å². The number of thiophene rings is 1. The molecular weight excluding hydrogens is 370 g/mol. The first-order valence-corrected chi connectivity index (χ1v) is 11.1. The van der Waals surface area contributed by atoms with E-state index in [0.717, 1.165) is 17.1 Å². The third kappa shape index (κ3) is 3.49. The van der Waals surface area contributed by atoms with Crippen LogP contribution >= 0.6 is 11.3 Å². The molecule has 2 unspecified atom stereocenters. The number of nitrogens with one attached hydrogen (secondary N) is 2. The minimum atomic E-state index is -3.43. The molecule has 9 heteroatoms. The van der Waals surface area contributed by atoms with Crippen molar-refractivity contribution in [2.24, 2.45) is 0 Å². The molecule has 2 aliphatic heterocycles. The Bertz CT molecular complexity index is 847. The predicted octanol–water partition coefficient (Wildman–Crippen LogP) is 1.58. The van der Waals surface area contributed by atoms with Crippen LogP contribution in [0.2, 0.25) is 0 Å². The summed E-state index contributed by atoms with van der Waals surface area (Å²) in [5.74, 6) is 0.900. The maximum absolute atomic E-state index is 13.0. The summed E-state index contributed by atoms with van der Waals surface area (Å²) in [5, 5.41) is 0. The second kappa shape index (κ2) is 7.24. The van der Waals surface area contributed by atoms with Gasteiger partial charge in [-0.15, -0.1) is 11.3 Å². The summed E-state index contributed by atoms with van der Waals surface area (Å²) in [6.07, 6.45) is 2.72. The Morgan fingerprint density at radius 3 is 2.58 bits per heavy atom. The van der Waals surface area contributed by atoms with Gasteiger partial charge in [0.1, 0.15) is 10.0 Å². The van der Waals surface area contributed by atoms with E-state index in [2.05, 4.69) is 27.7 Å². The van der Waals surface area contributed by atoms with Gasteiger partial charge in [-0.1, -0.05) is 6.07 Å². The van der Waals surface area contributed by atoms with Crippen molar-refractivity contribution in [3.8, 4) is 0 Å². The van der Waals surface area contributed by atoms with Crippen LogP contribution in [0.3, 0.4) is 0 Å². The quantitative estimate of drug-likeness (QED) is 0.821. The summed E-state index contributed by atoms with van der Waals surface area (Å²) in [4.78, 5) is 7.54. The van der Waals surface area contributed by atoms with Gasteiger partial charge in [-0.25, -0.2) is 18.8 Å². The lowest BCUT2D eigenvalue weighted by Gasteiger charge is -2.34. The van der Waals surface area contributed by atoms with Crippen molar-refractivity contribution < 1.29 is 8.42 Å². The highest BCUT2D eigenvalue weighted by molar-refractivity contribution is 7.91. The zero-order valence-electron chi connectivity index (χ0n) is 14.6. The number of rotatable bonds is 4. The molecular formula is C17H23N5O2S2. The number of anilines is 1. The molecule has 2 aliphatic rings. The number of nitrogens with zero attached hydrogens (tertiary/aromatic N) is 3. The van der Waals surface area contributed by atoms with E-state index in [0.29, 0.717) is 36.4 Å². The molecule has 2 fully saturated rings. The number of hydrazine groups is 1. The Morgan fingerprint density at radius 1 is 1.12 bits per heavy atom. The standard InChI is InChI=1S/C17H23N5O2S2/c1-13-12-14(20-19-13)15-5-6-17(25-15)26(23,24)22-10-8-21(9-11-22)16-4-2-3-7-18-16/h2-7,13-14,19-20H,8-12H2,1H3. The normalized spacial score (nSPS) is 24.9. The van der Waals surface area contributed by atoms with Gasteiger partial charge in [-0.3, -0.25) is 5.43 Å². The number of aromatic nitrogens is 1. The number of hydrogen-bond acceptors (Lipinski definition) is 7. The highest BCUT2D eigenvalue weighted by Crippen LogP contribution is 2.32. The van der Waals surface area contributed by atoms with E-state index in [4.69, 9.17) is 0 Å². The van der Waals surface area contributed by atoms with Crippen molar-refractivity contribution in [3.05, 3.63) is 41.4 Å². The number of sulfonamides is 1. The Morgan fingerprint density at radius 2 is 1.92 bits per heavy atom. The maximum atomic E-state index is 13.0. The molecule has 26 heavy (non-hydrogen) atoms. The van der Waals surface area contributed by atoms with E-state index in [1.807, 2.05) is 24.3 Å². The van der Waals surface area contributed by atoms with E-state index in [1.165, 1.54) is 11.3 Å². The van der Waals surface area contributed by atoms with Crippen molar-refractivity contribution >= 4 is 27.2 Å². The molecule has 2 saturated heterocycles. The molecule has 0 aromatic carbocycles. The molecule has 0 bridgehead atoms. The van der Waals surface area contributed by atoms with E-state index in [1.54, 1.807) is 16.6 Å². The fraction of sp³-hybridized carbons (Fsp3) is 0.471. The van der Waals surface area contributed by atoms with Gasteiger partial charge in [0.05, 0.1) is 6.04 Å². The lowest BCUT2D eigenvalue weighted by atomic mass is 10.1. The highest BCUT2D eigenvalue weighted by atomic mass is 32.2. The van der Waals surface area contributed by atoms with Crippen LogP contribution in [-0.4, -0.2) is 49.9 Å². The molecule has 140 valence electrons. The largest absolute Gasteiger partial charge is 0.354 e. The van der Waals surface area contributed by atoms with E-state index in [9.17, 15) is 8.42 Å². The van der Waals surface area contributed by atoms with Gasteiger partial charge in [-0.05, 0) is 37.6 Å². The molecule has 4 heterocycles. The van der Waals surface area contributed by atoms with E-state index < -0.39 is 10.0 Å². The van der Waals surface area contributed by atoms with Crippen LogP contribution < -0.4 is 15.8 Å². The molecule has 0 aliphatic carbocycles. The summed E-state index contributed by atoms with van der Waals surface area (Å²) in [6, 6.07) is 10.0. The average molecular weight is 394 g/mol. The number of pyridine rings is 1. The van der Waals surface area contributed by atoms with Gasteiger partial charge < -0.3 is 4.90 Å². The minimum Gasteiger partial charge on any atom is -0.354 e. The van der Waals surface area contributed by atoms with Crippen molar-refractivity contribution in [1.82, 2.24) is 20.1 Å². The topological polar surface area (TPSA) is 77.6 Å². The fourth-order valence-corrected chi connectivity index (χ4v) is 6.35. The van der Waals surface area contributed by atoms with Gasteiger partial charge in [-0.2, -0.15) is 4.31 Å². The zero-order chi connectivity index (χ0) is 18.1. The summed E-state index contributed by atoms with van der Waals surface area (Å²) in [7, 11) is -3.43. The lowest BCUT2D eigenvalue weighted by molar-refractivity contribution is 0.385. The first kappa shape index (κ1) is 17.9. The lowest BCUT2D eigenvalue weighted by Crippen LogP contribution is -2.48. The molecule has 4 rings (SSSR count). The summed E-state index contributed by atoms with van der Waals surface area (Å²) in [5.41, 5.74) is 6.41. The number of piperazine rings is 1. The summed E-state index contributed by atoms with van der Waals surface area (Å²) >= 11 is 1.37. The molecule has 0 spiro atoms. The highest BCUT2D eigenvalue weighted by Gasteiger charge is 2.31. The average Bonchev–Trinajstić information content (AvgIpc) is 3.32. The molecule has 2 N–H and O–H groups in total. The maximum Gasteiger partial charge on any atom is 0.252 e. The molecule has 7 nitrogen and oxygen atoms in total. The van der Waals surface area contributed by atoms with Crippen LogP contribution in [0, 0.1) is 0 Å². The van der Waals surface area contributed by atoms with Crippen molar-refractivity contribution in [2.45, 2.75) is 29.6 Å². The smallest absolute Gasteiger partial charge is 0.252 e. The second-order valence-electron chi connectivity index (χ2n) is 6.71. The van der Waals surface area contributed by atoms with Gasteiger partial charge in [0.25, 0.3) is 10.0 Å². The fourth-order valence-electron chi connectivity index (χ4n) is 3.39.